The van der Waals surface area contributed by atoms with Gasteiger partial charge in [0.25, 0.3) is 5.91 Å². The van der Waals surface area contributed by atoms with Gasteiger partial charge in [0, 0.05) is 37.3 Å². The zero-order valence-electron chi connectivity index (χ0n) is 17.2. The van der Waals surface area contributed by atoms with Crippen molar-refractivity contribution in [1.82, 2.24) is 19.7 Å². The molecule has 0 aliphatic heterocycles. The Bertz CT molecular complexity index is 991. The van der Waals surface area contributed by atoms with E-state index in [4.69, 9.17) is 10.7 Å². The van der Waals surface area contributed by atoms with Crippen molar-refractivity contribution < 1.29 is 4.79 Å². The highest BCUT2D eigenvalue weighted by molar-refractivity contribution is 6.05. The number of aromatic nitrogens is 3. The van der Waals surface area contributed by atoms with Gasteiger partial charge in [-0.2, -0.15) is 5.10 Å². The highest BCUT2D eigenvalue weighted by Gasteiger charge is 2.29. The van der Waals surface area contributed by atoms with Gasteiger partial charge in [0.05, 0.1) is 17.1 Å². The van der Waals surface area contributed by atoms with Crippen molar-refractivity contribution in [3.8, 4) is 0 Å². The lowest BCUT2D eigenvalue weighted by molar-refractivity contribution is 0.0764. The Labute approximate surface area is 171 Å². The van der Waals surface area contributed by atoms with Gasteiger partial charge in [0.15, 0.2) is 5.65 Å². The molecule has 0 spiro atoms. The highest BCUT2D eigenvalue weighted by atomic mass is 16.2. The average Bonchev–Trinajstić information content (AvgIpc) is 3.49. The van der Waals surface area contributed by atoms with E-state index in [2.05, 4.69) is 31.1 Å². The SMILES string of the molecule is CC(C)n1ncc2c(C(=O)N(CCN)CCc3ccccc3)cc(C3CC3)nc21. The molecule has 0 radical (unpaired) electrons. The molecule has 3 aromatic rings. The summed E-state index contributed by atoms with van der Waals surface area (Å²) in [5.74, 6) is 0.484. The molecule has 6 nitrogen and oxygen atoms in total. The average molecular weight is 392 g/mol. The largest absolute Gasteiger partial charge is 0.337 e. The van der Waals surface area contributed by atoms with E-state index in [0.29, 0.717) is 31.1 Å². The van der Waals surface area contributed by atoms with Crippen LogP contribution < -0.4 is 5.73 Å². The number of amides is 1. The van der Waals surface area contributed by atoms with Crippen LogP contribution in [0.25, 0.3) is 11.0 Å². The minimum absolute atomic E-state index is 0.0176. The number of nitrogens with two attached hydrogens (primary N) is 1. The second kappa shape index (κ2) is 8.33. The third kappa shape index (κ3) is 4.17. The molecule has 6 heteroatoms. The molecule has 0 saturated heterocycles. The van der Waals surface area contributed by atoms with Crippen LogP contribution in [0.1, 0.15) is 60.3 Å². The summed E-state index contributed by atoms with van der Waals surface area (Å²) in [6.45, 7) is 5.78. The van der Waals surface area contributed by atoms with Gasteiger partial charge in [-0.05, 0) is 44.7 Å². The van der Waals surface area contributed by atoms with Crippen molar-refractivity contribution in [2.75, 3.05) is 19.6 Å². The second-order valence-electron chi connectivity index (χ2n) is 8.11. The Morgan fingerprint density at radius 1 is 1.24 bits per heavy atom. The summed E-state index contributed by atoms with van der Waals surface area (Å²) in [6.07, 6.45) is 4.87. The van der Waals surface area contributed by atoms with Crippen LogP contribution in [0.15, 0.2) is 42.6 Å². The van der Waals surface area contributed by atoms with Crippen LogP contribution in [0.4, 0.5) is 0 Å². The van der Waals surface area contributed by atoms with Gasteiger partial charge < -0.3 is 10.6 Å². The van der Waals surface area contributed by atoms with E-state index in [1.165, 1.54) is 5.56 Å². The molecule has 4 rings (SSSR count). The number of fused-ring (bicyclic) bond motifs is 1. The molecule has 1 aliphatic carbocycles. The number of benzene rings is 1. The fourth-order valence-corrected chi connectivity index (χ4v) is 3.73. The predicted molar refractivity (Wildman–Crippen MR) is 115 cm³/mol. The quantitative estimate of drug-likeness (QED) is 0.637. The Kier molecular flexibility index (Phi) is 5.62. The molecule has 2 heterocycles. The fourth-order valence-electron chi connectivity index (χ4n) is 3.73. The Hall–Kier alpha value is -2.73. The van der Waals surface area contributed by atoms with Crippen LogP contribution in [0, 0.1) is 0 Å². The fraction of sp³-hybridized carbons (Fsp3) is 0.435. The van der Waals surface area contributed by atoms with Gasteiger partial charge in [-0.25, -0.2) is 9.67 Å². The summed E-state index contributed by atoms with van der Waals surface area (Å²) < 4.78 is 1.91. The third-order valence-electron chi connectivity index (χ3n) is 5.50. The molecular formula is C23H29N5O. The van der Waals surface area contributed by atoms with Crippen molar-refractivity contribution in [3.05, 3.63) is 59.4 Å². The normalized spacial score (nSPS) is 13.9. The number of carbonyl (C=O) groups is 1. The second-order valence-corrected chi connectivity index (χ2v) is 8.11. The van der Waals surface area contributed by atoms with Crippen molar-refractivity contribution in [2.24, 2.45) is 5.73 Å². The molecule has 1 aliphatic rings. The van der Waals surface area contributed by atoms with E-state index in [-0.39, 0.29) is 11.9 Å². The predicted octanol–water partition coefficient (Wildman–Crippen LogP) is 3.53. The molecule has 2 N–H and O–H groups in total. The first kappa shape index (κ1) is 19.6. The molecule has 1 fully saturated rings. The van der Waals surface area contributed by atoms with Crippen molar-refractivity contribution in [2.45, 2.75) is 45.1 Å². The summed E-state index contributed by atoms with van der Waals surface area (Å²) >= 11 is 0. The number of hydrogen-bond acceptors (Lipinski definition) is 4. The zero-order chi connectivity index (χ0) is 20.4. The van der Waals surface area contributed by atoms with Crippen LogP contribution in [0.2, 0.25) is 0 Å². The van der Waals surface area contributed by atoms with Crippen LogP contribution in [0.3, 0.4) is 0 Å². The van der Waals surface area contributed by atoms with E-state index in [0.717, 1.165) is 36.0 Å². The first-order valence-electron chi connectivity index (χ1n) is 10.5. The molecule has 1 amide bonds. The Morgan fingerprint density at radius 2 is 2.00 bits per heavy atom. The lowest BCUT2D eigenvalue weighted by Gasteiger charge is -2.23. The van der Waals surface area contributed by atoms with Gasteiger partial charge in [0.2, 0.25) is 0 Å². The van der Waals surface area contributed by atoms with Gasteiger partial charge >= 0.3 is 0 Å². The molecular weight excluding hydrogens is 362 g/mol. The van der Waals surface area contributed by atoms with Crippen LogP contribution in [0.5, 0.6) is 0 Å². The molecule has 29 heavy (non-hydrogen) atoms. The first-order valence-corrected chi connectivity index (χ1v) is 10.5. The van der Waals surface area contributed by atoms with Gasteiger partial charge in [0.1, 0.15) is 0 Å². The summed E-state index contributed by atoms with van der Waals surface area (Å²) in [7, 11) is 0. The summed E-state index contributed by atoms with van der Waals surface area (Å²) in [4.78, 5) is 20.3. The van der Waals surface area contributed by atoms with Crippen molar-refractivity contribution >= 4 is 16.9 Å². The lowest BCUT2D eigenvalue weighted by Crippen LogP contribution is -2.37. The van der Waals surface area contributed by atoms with Gasteiger partial charge in [-0.15, -0.1) is 0 Å². The van der Waals surface area contributed by atoms with E-state index < -0.39 is 0 Å². The molecule has 0 atom stereocenters. The first-order chi connectivity index (χ1) is 14.1. The van der Waals surface area contributed by atoms with E-state index in [1.807, 2.05) is 33.8 Å². The molecule has 0 unspecified atom stereocenters. The monoisotopic (exact) mass is 391 g/mol. The van der Waals surface area contributed by atoms with E-state index in [1.54, 1.807) is 6.20 Å². The highest BCUT2D eigenvalue weighted by Crippen LogP contribution is 2.40. The topological polar surface area (TPSA) is 77.0 Å². The standard InChI is InChI=1S/C23H29N5O/c1-16(2)28-22-20(15-25-28)19(14-21(26-22)18-8-9-18)23(29)27(13-11-24)12-10-17-6-4-3-5-7-17/h3-7,14-16,18H,8-13,24H2,1-2H3. The molecule has 1 aromatic carbocycles. The van der Waals surface area contributed by atoms with Crippen molar-refractivity contribution in [3.63, 3.8) is 0 Å². The lowest BCUT2D eigenvalue weighted by atomic mass is 10.1. The summed E-state index contributed by atoms with van der Waals surface area (Å²) in [5.41, 5.74) is 9.57. The maximum absolute atomic E-state index is 13.5. The van der Waals surface area contributed by atoms with Crippen LogP contribution >= 0.6 is 0 Å². The van der Waals surface area contributed by atoms with E-state index >= 15 is 0 Å². The maximum atomic E-state index is 13.5. The maximum Gasteiger partial charge on any atom is 0.254 e. The van der Waals surface area contributed by atoms with Gasteiger partial charge in [-0.3, -0.25) is 4.79 Å². The van der Waals surface area contributed by atoms with Gasteiger partial charge in [-0.1, -0.05) is 30.3 Å². The summed E-state index contributed by atoms with van der Waals surface area (Å²) in [6, 6.07) is 12.4. The minimum Gasteiger partial charge on any atom is -0.337 e. The molecule has 0 bridgehead atoms. The van der Waals surface area contributed by atoms with Crippen molar-refractivity contribution in [1.29, 1.82) is 0 Å². The Balaban J connectivity index is 1.67. The third-order valence-corrected chi connectivity index (χ3v) is 5.50. The van der Waals surface area contributed by atoms with E-state index in [9.17, 15) is 4.79 Å². The Morgan fingerprint density at radius 3 is 2.66 bits per heavy atom. The van der Waals surface area contributed by atoms with Crippen LogP contribution in [-0.4, -0.2) is 45.2 Å². The molecule has 152 valence electrons. The molecule has 2 aromatic heterocycles. The smallest absolute Gasteiger partial charge is 0.254 e. The number of nitrogens with zero attached hydrogens (tertiary/aromatic N) is 4. The number of hydrogen-bond donors (Lipinski definition) is 1. The number of pyridine rings is 1. The van der Waals surface area contributed by atoms with Crippen LogP contribution in [-0.2, 0) is 6.42 Å². The minimum atomic E-state index is 0.0176. The summed E-state index contributed by atoms with van der Waals surface area (Å²) in [5, 5.41) is 5.34. The zero-order valence-corrected chi connectivity index (χ0v) is 17.2. The number of carbonyl (C=O) groups excluding carboxylic acids is 1. The molecule has 1 saturated carbocycles. The number of rotatable bonds is 8.